The summed E-state index contributed by atoms with van der Waals surface area (Å²) in [5.41, 5.74) is 0.583. The lowest BCUT2D eigenvalue weighted by Crippen LogP contribution is -2.46. The molecule has 2 saturated heterocycles. The molecule has 0 aliphatic carbocycles. The number of carbonyl (C=O) groups is 1. The lowest BCUT2D eigenvalue weighted by molar-refractivity contribution is -0.0391. The molecule has 0 aromatic carbocycles. The van der Waals surface area contributed by atoms with Crippen LogP contribution in [0.3, 0.4) is 0 Å². The monoisotopic (exact) mass is 263 g/mol. The van der Waals surface area contributed by atoms with Gasteiger partial charge in [0.25, 0.3) is 5.91 Å². The smallest absolute Gasteiger partial charge is 0.274 e. The van der Waals surface area contributed by atoms with Crippen molar-refractivity contribution in [1.82, 2.24) is 14.7 Å². The van der Waals surface area contributed by atoms with Crippen LogP contribution in [-0.2, 0) is 11.8 Å². The largest absolute Gasteiger partial charge is 0.375 e. The Morgan fingerprint density at radius 1 is 1.47 bits per heavy atom. The summed E-state index contributed by atoms with van der Waals surface area (Å²) in [6.45, 7) is 4.67. The van der Waals surface area contributed by atoms with Gasteiger partial charge in [0.1, 0.15) is 5.69 Å². The van der Waals surface area contributed by atoms with Crippen LogP contribution in [0.4, 0.5) is 0 Å². The van der Waals surface area contributed by atoms with Gasteiger partial charge in [0, 0.05) is 32.9 Å². The van der Waals surface area contributed by atoms with Gasteiger partial charge in [-0.15, -0.1) is 0 Å². The normalized spacial score (nSPS) is 26.0. The molecule has 104 valence electrons. The summed E-state index contributed by atoms with van der Waals surface area (Å²) in [6.07, 6.45) is 4.85. The van der Waals surface area contributed by atoms with Crippen LogP contribution in [0.15, 0.2) is 12.3 Å². The predicted molar refractivity (Wildman–Crippen MR) is 70.8 cm³/mol. The molecule has 5 nitrogen and oxygen atoms in total. The molecule has 1 aromatic heterocycles. The Hall–Kier alpha value is -1.36. The molecule has 3 heterocycles. The third-order valence-corrected chi connectivity index (χ3v) is 4.29. The Balaban J connectivity index is 1.62. The highest BCUT2D eigenvalue weighted by molar-refractivity contribution is 5.92. The Morgan fingerprint density at radius 3 is 2.74 bits per heavy atom. The molecule has 1 aromatic rings. The second kappa shape index (κ2) is 4.63. The van der Waals surface area contributed by atoms with E-state index in [1.807, 2.05) is 11.9 Å². The number of ether oxygens (including phenoxy) is 1. The molecule has 0 radical (unpaired) electrons. The third-order valence-electron chi connectivity index (χ3n) is 4.29. The van der Waals surface area contributed by atoms with E-state index in [0.717, 1.165) is 39.0 Å². The van der Waals surface area contributed by atoms with E-state index in [-0.39, 0.29) is 11.5 Å². The fraction of sp³-hybridized carbons (Fsp3) is 0.714. The van der Waals surface area contributed by atoms with Crippen molar-refractivity contribution in [1.29, 1.82) is 0 Å². The minimum atomic E-state index is 0.0420. The molecule has 0 bridgehead atoms. The van der Waals surface area contributed by atoms with Crippen LogP contribution < -0.4 is 0 Å². The van der Waals surface area contributed by atoms with Gasteiger partial charge in [0.05, 0.1) is 5.60 Å². The molecule has 0 saturated carbocycles. The van der Waals surface area contributed by atoms with Crippen LogP contribution in [0.2, 0.25) is 0 Å². The standard InChI is InChI=1S/C14H21N3O2/c1-11-9-14(19-10-11)4-7-17(8-5-14)13(18)12-3-6-16(2)15-12/h3,6,11H,4-5,7-10H2,1-2H3. The van der Waals surface area contributed by atoms with Gasteiger partial charge in [0.15, 0.2) is 0 Å². The van der Waals surface area contributed by atoms with Gasteiger partial charge >= 0.3 is 0 Å². The van der Waals surface area contributed by atoms with E-state index in [1.54, 1.807) is 16.9 Å². The summed E-state index contributed by atoms with van der Waals surface area (Å²) < 4.78 is 7.64. The molecule has 2 fully saturated rings. The number of hydrogen-bond donors (Lipinski definition) is 0. The average molecular weight is 263 g/mol. The second-order valence-electron chi connectivity index (χ2n) is 5.97. The Labute approximate surface area is 113 Å². The highest BCUT2D eigenvalue weighted by Crippen LogP contribution is 2.38. The van der Waals surface area contributed by atoms with Crippen LogP contribution in [0.25, 0.3) is 0 Å². The highest BCUT2D eigenvalue weighted by atomic mass is 16.5. The number of carbonyl (C=O) groups excluding carboxylic acids is 1. The predicted octanol–water partition coefficient (Wildman–Crippen LogP) is 1.45. The van der Waals surface area contributed by atoms with E-state index < -0.39 is 0 Å². The van der Waals surface area contributed by atoms with Gasteiger partial charge in [0.2, 0.25) is 0 Å². The third kappa shape index (κ3) is 2.39. The van der Waals surface area contributed by atoms with Crippen molar-refractivity contribution in [2.24, 2.45) is 13.0 Å². The van der Waals surface area contributed by atoms with E-state index in [4.69, 9.17) is 4.74 Å². The Bertz CT molecular complexity index is 475. The van der Waals surface area contributed by atoms with Crippen LogP contribution in [0.1, 0.15) is 36.7 Å². The zero-order valence-electron chi connectivity index (χ0n) is 11.6. The summed E-state index contributed by atoms with van der Waals surface area (Å²) in [5.74, 6) is 0.694. The first kappa shape index (κ1) is 12.7. The summed E-state index contributed by atoms with van der Waals surface area (Å²) in [6, 6.07) is 1.78. The topological polar surface area (TPSA) is 47.4 Å². The maximum Gasteiger partial charge on any atom is 0.274 e. The molecule has 1 unspecified atom stereocenters. The summed E-state index contributed by atoms with van der Waals surface area (Å²) in [5, 5.41) is 4.18. The van der Waals surface area contributed by atoms with Gasteiger partial charge in [-0.05, 0) is 31.2 Å². The summed E-state index contributed by atoms with van der Waals surface area (Å²) >= 11 is 0. The number of nitrogens with zero attached hydrogens (tertiary/aromatic N) is 3. The van der Waals surface area contributed by atoms with Gasteiger partial charge in [-0.1, -0.05) is 6.92 Å². The molecule has 0 N–H and O–H groups in total. The van der Waals surface area contributed by atoms with E-state index >= 15 is 0 Å². The molecule has 2 aliphatic heterocycles. The number of rotatable bonds is 1. The fourth-order valence-corrected chi connectivity index (χ4v) is 3.23. The molecule has 19 heavy (non-hydrogen) atoms. The first-order valence-electron chi connectivity index (χ1n) is 7.01. The van der Waals surface area contributed by atoms with E-state index in [0.29, 0.717) is 11.6 Å². The van der Waals surface area contributed by atoms with Gasteiger partial charge in [-0.25, -0.2) is 0 Å². The van der Waals surface area contributed by atoms with Crippen LogP contribution in [-0.4, -0.2) is 45.9 Å². The Morgan fingerprint density at radius 2 is 2.21 bits per heavy atom. The minimum Gasteiger partial charge on any atom is -0.375 e. The van der Waals surface area contributed by atoms with Gasteiger partial charge < -0.3 is 9.64 Å². The number of piperidine rings is 1. The lowest BCUT2D eigenvalue weighted by Gasteiger charge is -2.38. The quantitative estimate of drug-likeness (QED) is 0.770. The van der Waals surface area contributed by atoms with Crippen LogP contribution in [0, 0.1) is 5.92 Å². The SMILES string of the molecule is CC1COC2(CCN(C(=O)c3ccn(C)n3)CC2)C1. The molecule has 2 aliphatic rings. The lowest BCUT2D eigenvalue weighted by atomic mass is 9.86. The van der Waals surface area contributed by atoms with Crippen molar-refractivity contribution in [3.05, 3.63) is 18.0 Å². The molecular weight excluding hydrogens is 242 g/mol. The maximum absolute atomic E-state index is 12.3. The van der Waals surface area contributed by atoms with Crippen molar-refractivity contribution < 1.29 is 9.53 Å². The van der Waals surface area contributed by atoms with Gasteiger partial charge in [-0.3, -0.25) is 9.48 Å². The molecule has 1 spiro atoms. The van der Waals surface area contributed by atoms with Crippen molar-refractivity contribution >= 4 is 5.91 Å². The number of likely N-dealkylation sites (tertiary alicyclic amines) is 1. The number of aromatic nitrogens is 2. The van der Waals surface area contributed by atoms with E-state index in [9.17, 15) is 4.79 Å². The highest BCUT2D eigenvalue weighted by Gasteiger charge is 2.42. The van der Waals surface area contributed by atoms with Crippen molar-refractivity contribution in [3.63, 3.8) is 0 Å². The first-order valence-corrected chi connectivity index (χ1v) is 7.01. The minimum absolute atomic E-state index is 0.0420. The van der Waals surface area contributed by atoms with Crippen molar-refractivity contribution in [2.45, 2.75) is 31.8 Å². The number of amides is 1. The molecule has 1 atom stereocenters. The van der Waals surface area contributed by atoms with Crippen LogP contribution in [0.5, 0.6) is 0 Å². The zero-order valence-corrected chi connectivity index (χ0v) is 11.6. The number of hydrogen-bond acceptors (Lipinski definition) is 3. The fourth-order valence-electron chi connectivity index (χ4n) is 3.23. The Kier molecular flexibility index (Phi) is 3.09. The van der Waals surface area contributed by atoms with Crippen molar-refractivity contribution in [3.8, 4) is 0 Å². The second-order valence-corrected chi connectivity index (χ2v) is 5.97. The molecular formula is C14H21N3O2. The molecule has 5 heteroatoms. The summed E-state index contributed by atoms with van der Waals surface area (Å²) in [7, 11) is 1.83. The maximum atomic E-state index is 12.3. The van der Waals surface area contributed by atoms with E-state index in [1.165, 1.54) is 0 Å². The van der Waals surface area contributed by atoms with Gasteiger partial charge in [-0.2, -0.15) is 5.10 Å². The van der Waals surface area contributed by atoms with Crippen molar-refractivity contribution in [2.75, 3.05) is 19.7 Å². The zero-order chi connectivity index (χ0) is 13.5. The average Bonchev–Trinajstić information content (AvgIpc) is 2.97. The van der Waals surface area contributed by atoms with E-state index in [2.05, 4.69) is 12.0 Å². The van der Waals surface area contributed by atoms with Crippen LogP contribution >= 0.6 is 0 Å². The first-order chi connectivity index (χ1) is 9.08. The number of aryl methyl sites for hydroxylation is 1. The summed E-state index contributed by atoms with van der Waals surface area (Å²) in [4.78, 5) is 14.2. The molecule has 1 amide bonds. The molecule has 3 rings (SSSR count).